The van der Waals surface area contributed by atoms with Crippen LogP contribution >= 0.6 is 0 Å². The zero-order valence-electron chi connectivity index (χ0n) is 14.8. The molecule has 2 aromatic heterocycles. The first-order valence-electron chi connectivity index (χ1n) is 9.16. The highest BCUT2D eigenvalue weighted by Gasteiger charge is 2.41. The van der Waals surface area contributed by atoms with Crippen LogP contribution in [0.3, 0.4) is 0 Å². The number of nitrogens with zero attached hydrogens (tertiary/aromatic N) is 2. The Morgan fingerprint density at radius 2 is 2.20 bits per heavy atom. The van der Waals surface area contributed by atoms with Gasteiger partial charge in [-0.25, -0.2) is 0 Å². The Bertz CT molecular complexity index is 673. The highest BCUT2D eigenvalue weighted by atomic mass is 16.5. The number of ether oxygens (including phenoxy) is 2. The van der Waals surface area contributed by atoms with E-state index in [4.69, 9.17) is 13.9 Å². The molecule has 0 unspecified atom stereocenters. The van der Waals surface area contributed by atoms with Gasteiger partial charge in [-0.2, -0.15) is 0 Å². The largest absolute Gasteiger partial charge is 0.468 e. The maximum absolute atomic E-state index is 6.02. The highest BCUT2D eigenvalue weighted by Crippen LogP contribution is 2.35. The first-order chi connectivity index (χ1) is 12.3. The monoisotopic (exact) mass is 342 g/mol. The summed E-state index contributed by atoms with van der Waals surface area (Å²) in [6.45, 7) is 6.03. The molecule has 0 N–H and O–H groups in total. The predicted molar refractivity (Wildman–Crippen MR) is 94.0 cm³/mol. The van der Waals surface area contributed by atoms with Gasteiger partial charge >= 0.3 is 0 Å². The van der Waals surface area contributed by atoms with Gasteiger partial charge < -0.3 is 13.9 Å². The standard InChI is InChI=1S/C20H26N2O3/c1-15-4-2-5-17(21-15)14-23-13-16-10-19-20(11-16)25-9-7-22(19)12-18-6-3-8-24-18/h2-6,8,16,19-20H,7,9-14H2,1H3/t16-,19+,20+/m0/s1. The van der Waals surface area contributed by atoms with Gasteiger partial charge in [0.1, 0.15) is 5.76 Å². The molecule has 1 aliphatic heterocycles. The van der Waals surface area contributed by atoms with Gasteiger partial charge in [0, 0.05) is 18.3 Å². The Morgan fingerprint density at radius 1 is 1.24 bits per heavy atom. The molecule has 0 radical (unpaired) electrons. The lowest BCUT2D eigenvalue weighted by molar-refractivity contribution is -0.0609. The average Bonchev–Trinajstić information content (AvgIpc) is 3.25. The fourth-order valence-corrected chi connectivity index (χ4v) is 4.07. The summed E-state index contributed by atoms with van der Waals surface area (Å²) < 4.78 is 17.5. The summed E-state index contributed by atoms with van der Waals surface area (Å²) in [7, 11) is 0. The molecule has 0 amide bonds. The van der Waals surface area contributed by atoms with Gasteiger partial charge in [0.2, 0.25) is 0 Å². The van der Waals surface area contributed by atoms with Gasteiger partial charge in [-0.3, -0.25) is 9.88 Å². The van der Waals surface area contributed by atoms with E-state index in [1.54, 1.807) is 6.26 Å². The Kier molecular flexibility index (Phi) is 5.15. The molecule has 1 saturated carbocycles. The number of fused-ring (bicyclic) bond motifs is 1. The minimum atomic E-state index is 0.328. The van der Waals surface area contributed by atoms with E-state index >= 15 is 0 Å². The highest BCUT2D eigenvalue weighted by molar-refractivity contribution is 5.09. The summed E-state index contributed by atoms with van der Waals surface area (Å²) in [5, 5.41) is 0. The van der Waals surface area contributed by atoms with E-state index in [-0.39, 0.29) is 0 Å². The molecule has 3 atom stereocenters. The van der Waals surface area contributed by atoms with Gasteiger partial charge in [0.05, 0.1) is 44.4 Å². The van der Waals surface area contributed by atoms with E-state index in [0.29, 0.717) is 24.7 Å². The zero-order valence-corrected chi connectivity index (χ0v) is 14.8. The Balaban J connectivity index is 1.29. The first kappa shape index (κ1) is 16.8. The van der Waals surface area contributed by atoms with E-state index in [1.165, 1.54) is 0 Å². The first-order valence-corrected chi connectivity index (χ1v) is 9.16. The number of furan rings is 1. The Hall–Kier alpha value is -1.69. The molecule has 3 heterocycles. The third-order valence-electron chi connectivity index (χ3n) is 5.24. The quantitative estimate of drug-likeness (QED) is 0.807. The van der Waals surface area contributed by atoms with Crippen molar-refractivity contribution in [2.75, 3.05) is 19.8 Å². The van der Waals surface area contributed by atoms with Crippen molar-refractivity contribution in [2.45, 2.75) is 45.1 Å². The molecule has 25 heavy (non-hydrogen) atoms. The number of rotatable bonds is 6. The van der Waals surface area contributed by atoms with Crippen LogP contribution in [0.4, 0.5) is 0 Å². The molecule has 2 fully saturated rings. The Morgan fingerprint density at radius 3 is 3.04 bits per heavy atom. The van der Waals surface area contributed by atoms with Crippen molar-refractivity contribution < 1.29 is 13.9 Å². The number of pyridine rings is 1. The molecule has 0 bridgehead atoms. The Labute approximate surface area is 148 Å². The number of aromatic nitrogens is 1. The molecule has 4 rings (SSSR count). The van der Waals surface area contributed by atoms with Crippen LogP contribution in [0, 0.1) is 12.8 Å². The summed E-state index contributed by atoms with van der Waals surface area (Å²) >= 11 is 0. The smallest absolute Gasteiger partial charge is 0.117 e. The zero-order chi connectivity index (χ0) is 17.1. The molecule has 1 aliphatic carbocycles. The average molecular weight is 342 g/mol. The van der Waals surface area contributed by atoms with Gasteiger partial charge in [0.15, 0.2) is 0 Å². The van der Waals surface area contributed by atoms with Crippen LogP contribution in [0.15, 0.2) is 41.0 Å². The van der Waals surface area contributed by atoms with Crippen LogP contribution < -0.4 is 0 Å². The lowest BCUT2D eigenvalue weighted by Crippen LogP contribution is -2.47. The third-order valence-corrected chi connectivity index (χ3v) is 5.24. The SMILES string of the molecule is Cc1cccc(COC[C@H]2C[C@@H]3[C@@H](C2)OCCN3Cc2ccco2)n1. The maximum atomic E-state index is 6.02. The van der Waals surface area contributed by atoms with Crippen molar-refractivity contribution in [3.05, 3.63) is 53.7 Å². The van der Waals surface area contributed by atoms with E-state index in [0.717, 1.165) is 56.3 Å². The van der Waals surface area contributed by atoms with Gasteiger partial charge in [-0.1, -0.05) is 6.07 Å². The maximum Gasteiger partial charge on any atom is 0.117 e. The van der Waals surface area contributed by atoms with Crippen LogP contribution in [-0.2, 0) is 22.6 Å². The molecule has 2 aliphatic rings. The van der Waals surface area contributed by atoms with Crippen molar-refractivity contribution in [3.8, 4) is 0 Å². The minimum Gasteiger partial charge on any atom is -0.468 e. The van der Waals surface area contributed by atoms with Crippen molar-refractivity contribution in [1.29, 1.82) is 0 Å². The number of hydrogen-bond acceptors (Lipinski definition) is 5. The molecule has 2 aromatic rings. The molecular weight excluding hydrogens is 316 g/mol. The predicted octanol–water partition coefficient (Wildman–Crippen LogP) is 3.18. The van der Waals surface area contributed by atoms with Gasteiger partial charge in [-0.05, 0) is 49.9 Å². The summed E-state index contributed by atoms with van der Waals surface area (Å²) in [5.74, 6) is 1.59. The normalized spacial score (nSPS) is 26.7. The fourth-order valence-electron chi connectivity index (χ4n) is 4.07. The summed E-state index contributed by atoms with van der Waals surface area (Å²) in [4.78, 5) is 7.00. The van der Waals surface area contributed by atoms with Crippen LogP contribution in [-0.4, -0.2) is 41.8 Å². The summed E-state index contributed by atoms with van der Waals surface area (Å²) in [6.07, 6.45) is 4.29. The molecule has 1 saturated heterocycles. The third kappa shape index (κ3) is 4.11. The van der Waals surface area contributed by atoms with E-state index in [1.807, 2.05) is 31.2 Å². The molecule has 5 nitrogen and oxygen atoms in total. The van der Waals surface area contributed by atoms with E-state index < -0.39 is 0 Å². The van der Waals surface area contributed by atoms with Crippen molar-refractivity contribution in [2.24, 2.45) is 5.92 Å². The molecule has 0 spiro atoms. The van der Waals surface area contributed by atoms with Gasteiger partial charge in [0.25, 0.3) is 0 Å². The van der Waals surface area contributed by atoms with Crippen LogP contribution in [0.5, 0.6) is 0 Å². The molecule has 5 heteroatoms. The number of morpholine rings is 1. The molecule has 0 aromatic carbocycles. The topological polar surface area (TPSA) is 47.7 Å². The lowest BCUT2D eigenvalue weighted by Gasteiger charge is -2.37. The fraction of sp³-hybridized carbons (Fsp3) is 0.550. The van der Waals surface area contributed by atoms with E-state index in [9.17, 15) is 0 Å². The second-order valence-corrected chi connectivity index (χ2v) is 7.15. The summed E-state index contributed by atoms with van der Waals surface area (Å²) in [6, 6.07) is 10.5. The summed E-state index contributed by atoms with van der Waals surface area (Å²) in [5.41, 5.74) is 2.04. The number of aryl methyl sites for hydroxylation is 1. The van der Waals surface area contributed by atoms with Gasteiger partial charge in [-0.15, -0.1) is 0 Å². The molecular formula is C20H26N2O3. The van der Waals surface area contributed by atoms with Crippen LogP contribution in [0.1, 0.15) is 30.0 Å². The van der Waals surface area contributed by atoms with Crippen molar-refractivity contribution in [1.82, 2.24) is 9.88 Å². The minimum absolute atomic E-state index is 0.328. The second-order valence-electron chi connectivity index (χ2n) is 7.15. The van der Waals surface area contributed by atoms with E-state index in [2.05, 4.69) is 16.0 Å². The second kappa shape index (κ2) is 7.68. The van der Waals surface area contributed by atoms with Crippen LogP contribution in [0.25, 0.3) is 0 Å². The van der Waals surface area contributed by atoms with Crippen molar-refractivity contribution in [3.63, 3.8) is 0 Å². The lowest BCUT2D eigenvalue weighted by atomic mass is 10.1. The number of hydrogen-bond donors (Lipinski definition) is 0. The van der Waals surface area contributed by atoms with Crippen molar-refractivity contribution >= 4 is 0 Å². The molecule has 134 valence electrons. The van der Waals surface area contributed by atoms with Crippen LogP contribution in [0.2, 0.25) is 0 Å².